The number of hydrogen-bond donors (Lipinski definition) is 2. The Morgan fingerprint density at radius 3 is 2.75 bits per heavy atom. The normalized spacial score (nSPS) is 11.5. The molecule has 1 aromatic heterocycles. The Morgan fingerprint density at radius 2 is 2.15 bits per heavy atom. The summed E-state index contributed by atoms with van der Waals surface area (Å²) in [6.07, 6.45) is 0. The molecule has 0 aliphatic carbocycles. The van der Waals surface area contributed by atoms with Gasteiger partial charge in [-0.25, -0.2) is 13.1 Å². The third-order valence-corrected chi connectivity index (χ3v) is 5.07. The standard InChI is InChI=1S/C13H16N2O3S2/c1-18-13-5-4-12(7-10(13)8-14)20(16,17)15-9-11-3-2-6-19-11/h2-7,15H,8-9,14H2,1H3. The highest BCUT2D eigenvalue weighted by Gasteiger charge is 2.16. The molecule has 0 saturated carbocycles. The summed E-state index contributed by atoms with van der Waals surface area (Å²) < 4.78 is 32.1. The molecule has 2 rings (SSSR count). The number of benzene rings is 1. The van der Waals surface area contributed by atoms with E-state index in [1.807, 2.05) is 17.5 Å². The summed E-state index contributed by atoms with van der Waals surface area (Å²) in [6.45, 7) is 0.501. The van der Waals surface area contributed by atoms with Crippen molar-refractivity contribution in [2.45, 2.75) is 18.0 Å². The first kappa shape index (κ1) is 15.0. The molecule has 0 aliphatic heterocycles. The van der Waals surface area contributed by atoms with Crippen molar-refractivity contribution in [1.82, 2.24) is 4.72 Å². The Balaban J connectivity index is 2.20. The minimum absolute atomic E-state index is 0.190. The Hall–Kier alpha value is -1.41. The molecule has 20 heavy (non-hydrogen) atoms. The fourth-order valence-corrected chi connectivity index (χ4v) is 3.54. The van der Waals surface area contributed by atoms with Crippen LogP contribution in [-0.4, -0.2) is 15.5 Å². The van der Waals surface area contributed by atoms with Gasteiger partial charge in [0, 0.05) is 23.5 Å². The number of ether oxygens (including phenoxy) is 1. The highest BCUT2D eigenvalue weighted by atomic mass is 32.2. The van der Waals surface area contributed by atoms with E-state index in [4.69, 9.17) is 10.5 Å². The first-order valence-electron chi connectivity index (χ1n) is 5.96. The molecule has 0 radical (unpaired) electrons. The van der Waals surface area contributed by atoms with Gasteiger partial charge in [0.1, 0.15) is 5.75 Å². The van der Waals surface area contributed by atoms with Crippen LogP contribution in [0.25, 0.3) is 0 Å². The van der Waals surface area contributed by atoms with Crippen molar-refractivity contribution < 1.29 is 13.2 Å². The molecule has 108 valence electrons. The topological polar surface area (TPSA) is 81.4 Å². The van der Waals surface area contributed by atoms with Crippen LogP contribution in [0.1, 0.15) is 10.4 Å². The average molecular weight is 312 g/mol. The van der Waals surface area contributed by atoms with Crippen LogP contribution in [0.4, 0.5) is 0 Å². The maximum atomic E-state index is 12.2. The third kappa shape index (κ3) is 3.37. The predicted octanol–water partition coefficient (Wildman–Crippen LogP) is 1.69. The van der Waals surface area contributed by atoms with Gasteiger partial charge in [0.05, 0.1) is 12.0 Å². The lowest BCUT2D eigenvalue weighted by Crippen LogP contribution is -2.23. The molecular weight excluding hydrogens is 296 g/mol. The largest absolute Gasteiger partial charge is 0.496 e. The second-order valence-corrected chi connectivity index (χ2v) is 6.88. The molecule has 1 heterocycles. The number of nitrogens with two attached hydrogens (primary N) is 1. The Kier molecular flexibility index (Phi) is 4.77. The summed E-state index contributed by atoms with van der Waals surface area (Å²) in [5, 5.41) is 1.91. The molecule has 7 heteroatoms. The van der Waals surface area contributed by atoms with Gasteiger partial charge in [0.25, 0.3) is 0 Å². The van der Waals surface area contributed by atoms with E-state index in [1.54, 1.807) is 6.07 Å². The SMILES string of the molecule is COc1ccc(S(=O)(=O)NCc2cccs2)cc1CN. The van der Waals surface area contributed by atoms with Gasteiger partial charge in [-0.3, -0.25) is 0 Å². The van der Waals surface area contributed by atoms with Crippen molar-refractivity contribution in [1.29, 1.82) is 0 Å². The van der Waals surface area contributed by atoms with E-state index in [9.17, 15) is 8.42 Å². The van der Waals surface area contributed by atoms with Gasteiger partial charge in [0.15, 0.2) is 0 Å². The molecule has 1 aromatic carbocycles. The summed E-state index contributed by atoms with van der Waals surface area (Å²) in [4.78, 5) is 1.15. The average Bonchev–Trinajstić information content (AvgIpc) is 2.97. The maximum absolute atomic E-state index is 12.2. The smallest absolute Gasteiger partial charge is 0.240 e. The Bertz CT molecular complexity index is 667. The number of rotatable bonds is 6. The zero-order chi connectivity index (χ0) is 14.6. The quantitative estimate of drug-likeness (QED) is 0.850. The van der Waals surface area contributed by atoms with Crippen LogP contribution >= 0.6 is 11.3 Å². The molecule has 3 N–H and O–H groups in total. The monoisotopic (exact) mass is 312 g/mol. The van der Waals surface area contributed by atoms with E-state index in [-0.39, 0.29) is 18.0 Å². The highest BCUT2D eigenvalue weighted by Crippen LogP contribution is 2.22. The summed E-state index contributed by atoms with van der Waals surface area (Å²) >= 11 is 1.51. The van der Waals surface area contributed by atoms with Crippen molar-refractivity contribution in [2.24, 2.45) is 5.73 Å². The van der Waals surface area contributed by atoms with Crippen molar-refractivity contribution in [3.05, 3.63) is 46.2 Å². The van der Waals surface area contributed by atoms with Crippen molar-refractivity contribution in [2.75, 3.05) is 7.11 Å². The van der Waals surface area contributed by atoms with Crippen molar-refractivity contribution in [3.8, 4) is 5.75 Å². The van der Waals surface area contributed by atoms with E-state index in [2.05, 4.69) is 4.72 Å². The zero-order valence-electron chi connectivity index (χ0n) is 11.0. The fraction of sp³-hybridized carbons (Fsp3) is 0.231. The van der Waals surface area contributed by atoms with Crippen LogP contribution < -0.4 is 15.2 Å². The molecule has 0 spiro atoms. The predicted molar refractivity (Wildman–Crippen MR) is 79.2 cm³/mol. The van der Waals surface area contributed by atoms with Crippen LogP contribution in [0.5, 0.6) is 5.75 Å². The third-order valence-electron chi connectivity index (χ3n) is 2.80. The van der Waals surface area contributed by atoms with Crippen LogP contribution in [0, 0.1) is 0 Å². The lowest BCUT2D eigenvalue weighted by molar-refractivity contribution is 0.409. The van der Waals surface area contributed by atoms with Crippen LogP contribution in [0.15, 0.2) is 40.6 Å². The summed E-state index contributed by atoms with van der Waals surface area (Å²) in [6, 6.07) is 8.42. The van der Waals surface area contributed by atoms with E-state index in [0.29, 0.717) is 11.3 Å². The van der Waals surface area contributed by atoms with Gasteiger partial charge in [0.2, 0.25) is 10.0 Å². The summed E-state index contributed by atoms with van der Waals surface area (Å²) in [5.74, 6) is 0.588. The fourth-order valence-electron chi connectivity index (χ4n) is 1.74. The molecule has 0 unspecified atom stereocenters. The molecule has 0 aliphatic rings. The van der Waals surface area contributed by atoms with Gasteiger partial charge in [-0.1, -0.05) is 6.07 Å². The lowest BCUT2D eigenvalue weighted by atomic mass is 10.2. The van der Waals surface area contributed by atoms with Gasteiger partial charge < -0.3 is 10.5 Å². The molecule has 5 nitrogen and oxygen atoms in total. The number of hydrogen-bond acceptors (Lipinski definition) is 5. The summed E-state index contributed by atoms with van der Waals surface area (Å²) in [7, 11) is -2.02. The van der Waals surface area contributed by atoms with Gasteiger partial charge >= 0.3 is 0 Å². The lowest BCUT2D eigenvalue weighted by Gasteiger charge is -2.10. The molecule has 0 saturated heterocycles. The van der Waals surface area contributed by atoms with Crippen molar-refractivity contribution in [3.63, 3.8) is 0 Å². The molecule has 0 amide bonds. The first-order valence-corrected chi connectivity index (χ1v) is 8.32. The van der Waals surface area contributed by atoms with Crippen LogP contribution in [0.2, 0.25) is 0 Å². The molecule has 0 atom stereocenters. The molecule has 0 bridgehead atoms. The van der Waals surface area contributed by atoms with E-state index in [0.717, 1.165) is 4.88 Å². The van der Waals surface area contributed by atoms with Gasteiger partial charge in [-0.2, -0.15) is 0 Å². The van der Waals surface area contributed by atoms with Crippen molar-refractivity contribution >= 4 is 21.4 Å². The number of thiophene rings is 1. The minimum Gasteiger partial charge on any atom is -0.496 e. The molecular formula is C13H16N2O3S2. The van der Waals surface area contributed by atoms with Crippen LogP contribution in [-0.2, 0) is 23.1 Å². The van der Waals surface area contributed by atoms with Crippen LogP contribution in [0.3, 0.4) is 0 Å². The maximum Gasteiger partial charge on any atom is 0.240 e. The van der Waals surface area contributed by atoms with E-state index in [1.165, 1.54) is 30.6 Å². The van der Waals surface area contributed by atoms with Gasteiger partial charge in [-0.15, -0.1) is 11.3 Å². The highest BCUT2D eigenvalue weighted by molar-refractivity contribution is 7.89. The Morgan fingerprint density at radius 1 is 1.35 bits per heavy atom. The Labute approximate surface area is 122 Å². The van der Waals surface area contributed by atoms with Gasteiger partial charge in [-0.05, 0) is 29.6 Å². The second-order valence-electron chi connectivity index (χ2n) is 4.08. The number of methoxy groups -OCH3 is 1. The minimum atomic E-state index is -3.55. The zero-order valence-corrected chi connectivity index (χ0v) is 12.6. The molecule has 2 aromatic rings. The second kappa shape index (κ2) is 6.36. The number of sulfonamides is 1. The van der Waals surface area contributed by atoms with E-state index >= 15 is 0 Å². The molecule has 0 fully saturated rings. The first-order chi connectivity index (χ1) is 9.56. The summed E-state index contributed by atoms with van der Waals surface area (Å²) in [5.41, 5.74) is 6.25. The van der Waals surface area contributed by atoms with E-state index < -0.39 is 10.0 Å². The number of nitrogens with one attached hydrogen (secondary N) is 1.